The Morgan fingerprint density at radius 1 is 1.38 bits per heavy atom. The second-order valence-electron chi connectivity index (χ2n) is 6.15. The molecule has 0 saturated carbocycles. The van der Waals surface area contributed by atoms with Gasteiger partial charge in [-0.05, 0) is 31.6 Å². The molecule has 4 nitrogen and oxygen atoms in total. The van der Waals surface area contributed by atoms with Crippen LogP contribution in [0.3, 0.4) is 0 Å². The maximum absolute atomic E-state index is 6.24. The summed E-state index contributed by atoms with van der Waals surface area (Å²) in [4.78, 5) is 8.51. The van der Waals surface area contributed by atoms with E-state index in [9.17, 15) is 0 Å². The number of anilines is 1. The van der Waals surface area contributed by atoms with Crippen LogP contribution in [0, 0.1) is 0 Å². The summed E-state index contributed by atoms with van der Waals surface area (Å²) >= 11 is 6.24. The van der Waals surface area contributed by atoms with E-state index in [1.807, 2.05) is 0 Å². The molecule has 0 bridgehead atoms. The van der Waals surface area contributed by atoms with Gasteiger partial charge in [-0.1, -0.05) is 39.3 Å². The highest BCUT2D eigenvalue weighted by atomic mass is 35.5. The van der Waals surface area contributed by atoms with Crippen molar-refractivity contribution in [1.82, 2.24) is 9.97 Å². The van der Waals surface area contributed by atoms with Crippen molar-refractivity contribution < 1.29 is 4.74 Å². The molecule has 1 aliphatic rings. The minimum Gasteiger partial charge on any atom is -0.375 e. The van der Waals surface area contributed by atoms with Crippen molar-refractivity contribution in [1.29, 1.82) is 0 Å². The van der Waals surface area contributed by atoms with E-state index < -0.39 is 0 Å². The summed E-state index contributed by atoms with van der Waals surface area (Å²) in [6, 6.07) is 0.377. The maximum atomic E-state index is 6.24. The second-order valence-corrected chi connectivity index (χ2v) is 6.51. The number of nitrogens with zero attached hydrogens (tertiary/aromatic N) is 2. The molecule has 0 radical (unpaired) electrons. The van der Waals surface area contributed by atoms with Crippen LogP contribution in [0.5, 0.6) is 0 Å². The molecule has 2 rings (SSSR count). The molecule has 0 aromatic carbocycles. The molecule has 0 amide bonds. The molecule has 1 fully saturated rings. The Morgan fingerprint density at radius 3 is 2.71 bits per heavy atom. The fourth-order valence-electron chi connectivity index (χ4n) is 3.09. The zero-order chi connectivity index (χ0) is 15.5. The molecule has 21 heavy (non-hydrogen) atoms. The third-order valence-corrected chi connectivity index (χ3v) is 4.84. The Balaban J connectivity index is 2.17. The van der Waals surface area contributed by atoms with Gasteiger partial charge in [0.1, 0.15) is 17.3 Å². The van der Waals surface area contributed by atoms with Crippen LogP contribution in [-0.4, -0.2) is 28.2 Å². The lowest BCUT2D eigenvalue weighted by Gasteiger charge is -2.40. The van der Waals surface area contributed by atoms with E-state index >= 15 is 0 Å². The molecule has 5 heteroatoms. The molecule has 1 aliphatic heterocycles. The van der Waals surface area contributed by atoms with Gasteiger partial charge in [-0.15, -0.1) is 0 Å². The maximum Gasteiger partial charge on any atom is 0.138 e. The van der Waals surface area contributed by atoms with Gasteiger partial charge >= 0.3 is 0 Å². The molecule has 1 aromatic heterocycles. The second kappa shape index (κ2) is 6.93. The van der Waals surface area contributed by atoms with Gasteiger partial charge in [-0.25, -0.2) is 9.97 Å². The van der Waals surface area contributed by atoms with E-state index in [0.29, 0.717) is 17.1 Å². The summed E-state index contributed by atoms with van der Waals surface area (Å²) < 4.78 is 6.03. The Morgan fingerprint density at radius 2 is 2.10 bits per heavy atom. The molecule has 0 aliphatic carbocycles. The van der Waals surface area contributed by atoms with E-state index in [2.05, 4.69) is 43.0 Å². The first-order valence-corrected chi connectivity index (χ1v) is 8.30. The van der Waals surface area contributed by atoms with E-state index in [4.69, 9.17) is 16.3 Å². The van der Waals surface area contributed by atoms with Gasteiger partial charge in [-0.2, -0.15) is 0 Å². The van der Waals surface area contributed by atoms with Crippen LogP contribution in [0.1, 0.15) is 64.9 Å². The fourth-order valence-corrected chi connectivity index (χ4v) is 3.44. The predicted molar refractivity (Wildman–Crippen MR) is 87.0 cm³/mol. The molecule has 1 unspecified atom stereocenters. The number of hydrogen-bond acceptors (Lipinski definition) is 4. The fraction of sp³-hybridized carbons (Fsp3) is 0.750. The van der Waals surface area contributed by atoms with E-state index in [1.165, 1.54) is 6.33 Å². The van der Waals surface area contributed by atoms with Crippen LogP contribution < -0.4 is 5.32 Å². The van der Waals surface area contributed by atoms with Crippen molar-refractivity contribution >= 4 is 17.4 Å². The Bertz CT molecular complexity index is 475. The summed E-state index contributed by atoms with van der Waals surface area (Å²) in [6.45, 7) is 9.43. The summed E-state index contributed by atoms with van der Waals surface area (Å²) in [7, 11) is 0. The lowest BCUT2D eigenvalue weighted by Crippen LogP contribution is -2.43. The molecule has 2 heterocycles. The first kappa shape index (κ1) is 16.5. The number of hydrogen-bond donors (Lipinski definition) is 1. The minimum absolute atomic E-state index is 0.00470. The van der Waals surface area contributed by atoms with Crippen molar-refractivity contribution in [3.63, 3.8) is 0 Å². The summed E-state index contributed by atoms with van der Waals surface area (Å²) in [5, 5.41) is 4.13. The Labute approximate surface area is 132 Å². The molecule has 0 spiro atoms. The summed E-state index contributed by atoms with van der Waals surface area (Å²) in [5.41, 5.74) is 1.01. The van der Waals surface area contributed by atoms with Gasteiger partial charge in [-0.3, -0.25) is 0 Å². The van der Waals surface area contributed by atoms with Gasteiger partial charge in [0.2, 0.25) is 0 Å². The average Bonchev–Trinajstić information content (AvgIpc) is 2.47. The summed E-state index contributed by atoms with van der Waals surface area (Å²) in [5.74, 6) is 1.17. The Hall–Kier alpha value is -0.870. The zero-order valence-corrected chi connectivity index (χ0v) is 14.2. The van der Waals surface area contributed by atoms with Crippen LogP contribution in [0.25, 0.3) is 0 Å². The number of aromatic nitrogens is 2. The smallest absolute Gasteiger partial charge is 0.138 e. The largest absolute Gasteiger partial charge is 0.375 e. The van der Waals surface area contributed by atoms with Crippen molar-refractivity contribution in [3.05, 3.63) is 17.0 Å². The SMILES string of the molecule is CCC1(CC)CC(Nc2ncnc(Cl)c2C(C)C)CCO1. The van der Waals surface area contributed by atoms with Crippen molar-refractivity contribution in [2.45, 2.75) is 70.9 Å². The first-order chi connectivity index (χ1) is 10.0. The van der Waals surface area contributed by atoms with E-state index in [0.717, 1.165) is 43.7 Å². The van der Waals surface area contributed by atoms with E-state index in [1.54, 1.807) is 0 Å². The van der Waals surface area contributed by atoms with E-state index in [-0.39, 0.29) is 5.60 Å². The third-order valence-electron chi connectivity index (χ3n) is 4.54. The highest BCUT2D eigenvalue weighted by Gasteiger charge is 2.35. The standard InChI is InChI=1S/C16H26ClN3O/c1-5-16(6-2)9-12(7-8-21-16)20-15-13(11(3)4)14(17)18-10-19-15/h10-12H,5-9H2,1-4H3,(H,18,19,20). The normalized spacial score (nSPS) is 21.5. The highest BCUT2D eigenvalue weighted by molar-refractivity contribution is 6.30. The first-order valence-electron chi connectivity index (χ1n) is 7.92. The van der Waals surface area contributed by atoms with Crippen LogP contribution in [-0.2, 0) is 4.74 Å². The Kier molecular flexibility index (Phi) is 5.44. The van der Waals surface area contributed by atoms with Crippen molar-refractivity contribution in [2.75, 3.05) is 11.9 Å². The van der Waals surface area contributed by atoms with Gasteiger partial charge < -0.3 is 10.1 Å². The molecule has 1 atom stereocenters. The van der Waals surface area contributed by atoms with Gasteiger partial charge in [0.15, 0.2) is 0 Å². The molecule has 1 N–H and O–H groups in total. The lowest BCUT2D eigenvalue weighted by atomic mass is 9.86. The minimum atomic E-state index is 0.00470. The van der Waals surface area contributed by atoms with Gasteiger partial charge in [0, 0.05) is 18.2 Å². The predicted octanol–water partition coefficient (Wildman–Crippen LogP) is 4.40. The molecule has 1 saturated heterocycles. The highest BCUT2D eigenvalue weighted by Crippen LogP contribution is 2.34. The average molecular weight is 312 g/mol. The van der Waals surface area contributed by atoms with Crippen LogP contribution >= 0.6 is 11.6 Å². The quantitative estimate of drug-likeness (QED) is 0.819. The van der Waals surface area contributed by atoms with Crippen molar-refractivity contribution in [3.8, 4) is 0 Å². The molecular formula is C16H26ClN3O. The summed E-state index contributed by atoms with van der Waals surface area (Å²) in [6.07, 6.45) is 5.63. The van der Waals surface area contributed by atoms with Crippen LogP contribution in [0.2, 0.25) is 5.15 Å². The molecule has 1 aromatic rings. The number of nitrogens with one attached hydrogen (secondary N) is 1. The van der Waals surface area contributed by atoms with Crippen LogP contribution in [0.4, 0.5) is 5.82 Å². The zero-order valence-electron chi connectivity index (χ0n) is 13.4. The van der Waals surface area contributed by atoms with Crippen LogP contribution in [0.15, 0.2) is 6.33 Å². The van der Waals surface area contributed by atoms with Gasteiger partial charge in [0.05, 0.1) is 5.60 Å². The topological polar surface area (TPSA) is 47.0 Å². The van der Waals surface area contributed by atoms with Crippen molar-refractivity contribution in [2.24, 2.45) is 0 Å². The number of halogens is 1. The number of ether oxygens (including phenoxy) is 1. The molecule has 118 valence electrons. The third kappa shape index (κ3) is 3.67. The number of rotatable bonds is 5. The lowest BCUT2D eigenvalue weighted by molar-refractivity contribution is -0.0864. The monoisotopic (exact) mass is 311 g/mol. The van der Waals surface area contributed by atoms with Gasteiger partial charge in [0.25, 0.3) is 0 Å². The molecular weight excluding hydrogens is 286 g/mol.